The Morgan fingerprint density at radius 2 is 2.13 bits per heavy atom. The van der Waals surface area contributed by atoms with Crippen LogP contribution in [0.3, 0.4) is 0 Å². The van der Waals surface area contributed by atoms with Gasteiger partial charge in [-0.1, -0.05) is 0 Å². The molecule has 3 N–H and O–H groups in total. The van der Waals surface area contributed by atoms with E-state index in [1.54, 1.807) is 12.1 Å². The summed E-state index contributed by atoms with van der Waals surface area (Å²) in [6, 6.07) is 3.34. The third kappa shape index (κ3) is 3.55. The van der Waals surface area contributed by atoms with Gasteiger partial charge in [0.2, 0.25) is 5.88 Å². The first-order valence-electron chi connectivity index (χ1n) is 6.81. The number of methoxy groups -OCH3 is 1. The Kier molecular flexibility index (Phi) is 5.09. The van der Waals surface area contributed by atoms with Crippen molar-refractivity contribution in [3.05, 3.63) is 23.4 Å². The Balaban J connectivity index is 2.33. The van der Waals surface area contributed by atoms with E-state index in [9.17, 15) is 18.4 Å². The number of halogens is 2. The Bertz CT molecular complexity index is 730. The van der Waals surface area contributed by atoms with Gasteiger partial charge in [-0.05, 0) is 12.5 Å². The highest BCUT2D eigenvalue weighted by molar-refractivity contribution is 6.00. The molecule has 23 heavy (non-hydrogen) atoms. The van der Waals surface area contributed by atoms with Crippen LogP contribution in [-0.4, -0.2) is 48.9 Å². The molecule has 2 aromatic heterocycles. The predicted octanol–water partition coefficient (Wildman–Crippen LogP) is 0.855. The molecule has 0 saturated heterocycles. The average Bonchev–Trinajstić information content (AvgIpc) is 2.91. The van der Waals surface area contributed by atoms with Crippen LogP contribution in [0, 0.1) is 0 Å². The van der Waals surface area contributed by atoms with Crippen molar-refractivity contribution in [2.45, 2.75) is 12.8 Å². The van der Waals surface area contributed by atoms with E-state index in [0.717, 1.165) is 0 Å². The largest absolute Gasteiger partial charge is 0.481 e. The monoisotopic (exact) mass is 326 g/mol. The molecule has 0 saturated carbocycles. The number of hydrogen-bond acceptors (Lipinski definition) is 4. The van der Waals surface area contributed by atoms with Crippen LogP contribution in [0.4, 0.5) is 8.78 Å². The molecule has 2 rings (SSSR count). The first-order valence-corrected chi connectivity index (χ1v) is 6.81. The Morgan fingerprint density at radius 3 is 2.74 bits per heavy atom. The van der Waals surface area contributed by atoms with Gasteiger partial charge in [-0.2, -0.15) is 8.78 Å². The zero-order chi connectivity index (χ0) is 17.0. The molecule has 0 radical (unpaired) electrons. The second-order valence-electron chi connectivity index (χ2n) is 4.65. The van der Waals surface area contributed by atoms with Crippen molar-refractivity contribution in [2.75, 3.05) is 20.7 Å². The van der Waals surface area contributed by atoms with Gasteiger partial charge in [0, 0.05) is 25.2 Å². The molecule has 2 heterocycles. The van der Waals surface area contributed by atoms with Crippen LogP contribution < -0.4 is 15.4 Å². The molecular formula is C14H16F2N4O3. The van der Waals surface area contributed by atoms with Crippen LogP contribution in [0.25, 0.3) is 11.0 Å². The number of nitrogens with zero attached hydrogens (tertiary/aromatic N) is 1. The van der Waals surface area contributed by atoms with E-state index in [2.05, 4.69) is 20.6 Å². The quantitative estimate of drug-likeness (QED) is 0.733. The van der Waals surface area contributed by atoms with Crippen molar-refractivity contribution in [3.63, 3.8) is 0 Å². The van der Waals surface area contributed by atoms with Crippen LogP contribution in [0.15, 0.2) is 12.1 Å². The molecule has 0 atom stereocenters. The first-order chi connectivity index (χ1) is 11.0. The Morgan fingerprint density at radius 1 is 1.39 bits per heavy atom. The zero-order valence-corrected chi connectivity index (χ0v) is 12.6. The fourth-order valence-corrected chi connectivity index (χ4v) is 2.16. The predicted molar refractivity (Wildman–Crippen MR) is 78.8 cm³/mol. The number of rotatable bonds is 6. The second kappa shape index (κ2) is 7.03. The van der Waals surface area contributed by atoms with Gasteiger partial charge in [0.1, 0.15) is 5.69 Å². The van der Waals surface area contributed by atoms with Gasteiger partial charge in [0.25, 0.3) is 11.8 Å². The van der Waals surface area contributed by atoms with Crippen LogP contribution in [-0.2, 0) is 11.2 Å². The van der Waals surface area contributed by atoms with E-state index in [0.29, 0.717) is 22.5 Å². The molecule has 9 heteroatoms. The standard InChI is InChI=1S/C14H16F2N4O3/c1-17-13(21)11-7(5-6-18-14(22)12(15)16)10-8(19-11)3-4-9(20-10)23-2/h3-4,12,19H,5-6H2,1-2H3,(H,17,21)(H,18,22). The van der Waals surface area contributed by atoms with Crippen LogP contribution in [0.2, 0.25) is 0 Å². The smallest absolute Gasteiger partial charge is 0.315 e. The van der Waals surface area contributed by atoms with Crippen molar-refractivity contribution < 1.29 is 23.1 Å². The molecule has 0 aliphatic carbocycles. The van der Waals surface area contributed by atoms with Crippen molar-refractivity contribution in [3.8, 4) is 5.88 Å². The summed E-state index contributed by atoms with van der Waals surface area (Å²) in [5.41, 5.74) is 1.90. The minimum absolute atomic E-state index is 0.0426. The molecule has 0 unspecified atom stereocenters. The number of aromatic nitrogens is 2. The van der Waals surface area contributed by atoms with Gasteiger partial charge in [0.15, 0.2) is 0 Å². The Hall–Kier alpha value is -2.71. The normalized spacial score (nSPS) is 10.8. The van der Waals surface area contributed by atoms with E-state index < -0.39 is 12.3 Å². The summed E-state index contributed by atoms with van der Waals surface area (Å²) in [6.07, 6.45) is -2.91. The average molecular weight is 326 g/mol. The molecule has 7 nitrogen and oxygen atoms in total. The lowest BCUT2D eigenvalue weighted by Gasteiger charge is -2.06. The summed E-state index contributed by atoms with van der Waals surface area (Å²) in [7, 11) is 2.94. The molecule has 0 aliphatic rings. The number of amides is 2. The van der Waals surface area contributed by atoms with Crippen molar-refractivity contribution in [1.82, 2.24) is 20.6 Å². The maximum Gasteiger partial charge on any atom is 0.315 e. The summed E-state index contributed by atoms with van der Waals surface area (Å²) in [5.74, 6) is -1.35. The summed E-state index contributed by atoms with van der Waals surface area (Å²) >= 11 is 0. The minimum atomic E-state index is -3.07. The first kappa shape index (κ1) is 16.7. The SMILES string of the molecule is CNC(=O)c1[nH]c2ccc(OC)nc2c1CCNC(=O)C(F)F. The maximum atomic E-state index is 12.2. The summed E-state index contributed by atoms with van der Waals surface area (Å²) in [5, 5.41) is 4.60. The molecule has 0 spiro atoms. The zero-order valence-electron chi connectivity index (χ0n) is 12.6. The van der Waals surface area contributed by atoms with E-state index in [-0.39, 0.29) is 24.6 Å². The lowest BCUT2D eigenvalue weighted by atomic mass is 10.1. The lowest BCUT2D eigenvalue weighted by molar-refractivity contribution is -0.131. The van der Waals surface area contributed by atoms with E-state index >= 15 is 0 Å². The van der Waals surface area contributed by atoms with E-state index in [4.69, 9.17) is 4.74 Å². The number of carbonyl (C=O) groups excluding carboxylic acids is 2. The summed E-state index contributed by atoms with van der Waals surface area (Å²) in [4.78, 5) is 30.1. The lowest BCUT2D eigenvalue weighted by Crippen LogP contribution is -2.31. The van der Waals surface area contributed by atoms with Crippen LogP contribution >= 0.6 is 0 Å². The van der Waals surface area contributed by atoms with Gasteiger partial charge in [-0.25, -0.2) is 4.98 Å². The van der Waals surface area contributed by atoms with Crippen molar-refractivity contribution in [2.24, 2.45) is 0 Å². The van der Waals surface area contributed by atoms with Crippen LogP contribution in [0.5, 0.6) is 5.88 Å². The van der Waals surface area contributed by atoms with Crippen LogP contribution in [0.1, 0.15) is 16.1 Å². The molecule has 0 fully saturated rings. The number of alkyl halides is 2. The molecule has 0 aliphatic heterocycles. The fourth-order valence-electron chi connectivity index (χ4n) is 2.16. The third-order valence-electron chi connectivity index (χ3n) is 3.25. The summed E-state index contributed by atoms with van der Waals surface area (Å²) < 4.78 is 29.4. The Labute approximate surface area is 130 Å². The third-order valence-corrected chi connectivity index (χ3v) is 3.25. The molecule has 2 amide bonds. The van der Waals surface area contributed by atoms with Gasteiger partial charge in [-0.3, -0.25) is 9.59 Å². The molecule has 0 bridgehead atoms. The highest BCUT2D eigenvalue weighted by atomic mass is 19.3. The van der Waals surface area contributed by atoms with Gasteiger partial charge in [-0.15, -0.1) is 0 Å². The van der Waals surface area contributed by atoms with Crippen molar-refractivity contribution >= 4 is 22.8 Å². The number of pyridine rings is 1. The number of ether oxygens (including phenoxy) is 1. The number of hydrogen-bond donors (Lipinski definition) is 3. The molecule has 2 aromatic rings. The number of nitrogens with one attached hydrogen (secondary N) is 3. The molecular weight excluding hydrogens is 310 g/mol. The number of carbonyl (C=O) groups is 2. The van der Waals surface area contributed by atoms with Gasteiger partial charge >= 0.3 is 6.43 Å². The number of aromatic amines is 1. The van der Waals surface area contributed by atoms with Gasteiger partial charge in [0.05, 0.1) is 18.1 Å². The molecule has 124 valence electrons. The van der Waals surface area contributed by atoms with Gasteiger partial charge < -0.3 is 20.4 Å². The second-order valence-corrected chi connectivity index (χ2v) is 4.65. The number of fused-ring (bicyclic) bond motifs is 1. The summed E-state index contributed by atoms with van der Waals surface area (Å²) in [6.45, 7) is -0.0426. The highest BCUT2D eigenvalue weighted by Gasteiger charge is 2.20. The van der Waals surface area contributed by atoms with E-state index in [1.165, 1.54) is 14.2 Å². The van der Waals surface area contributed by atoms with E-state index in [1.807, 2.05) is 0 Å². The minimum Gasteiger partial charge on any atom is -0.481 e. The topological polar surface area (TPSA) is 96.1 Å². The highest BCUT2D eigenvalue weighted by Crippen LogP contribution is 2.23. The molecule has 0 aromatic carbocycles. The maximum absolute atomic E-state index is 12.2. The fraction of sp³-hybridized carbons (Fsp3) is 0.357. The number of H-pyrrole nitrogens is 1. The van der Waals surface area contributed by atoms with Crippen molar-refractivity contribution in [1.29, 1.82) is 0 Å².